The van der Waals surface area contributed by atoms with Crippen molar-refractivity contribution in [3.05, 3.63) is 29.3 Å². The molecule has 1 aliphatic heterocycles. The maximum atomic E-state index is 11.9. The molecule has 0 spiro atoms. The summed E-state index contributed by atoms with van der Waals surface area (Å²) in [4.78, 5) is 11.9. The normalized spacial score (nSPS) is 13.0. The zero-order valence-electron chi connectivity index (χ0n) is 10.4. The van der Waals surface area contributed by atoms with Crippen molar-refractivity contribution in [1.29, 1.82) is 0 Å². The van der Waals surface area contributed by atoms with Crippen molar-refractivity contribution in [1.82, 2.24) is 5.32 Å². The van der Waals surface area contributed by atoms with Crippen LogP contribution in [0.15, 0.2) is 18.2 Å². The van der Waals surface area contributed by atoms with E-state index in [4.69, 9.17) is 0 Å². The third-order valence-corrected chi connectivity index (χ3v) is 3.14. The number of rotatable bonds is 5. The van der Waals surface area contributed by atoms with Gasteiger partial charge in [-0.15, -0.1) is 0 Å². The number of unbranched alkanes of at least 4 members (excludes halogenated alkanes) is 2. The second kappa shape index (κ2) is 5.71. The molecular weight excluding hydrogens is 212 g/mol. The highest BCUT2D eigenvalue weighted by molar-refractivity contribution is 5.95. The first-order chi connectivity index (χ1) is 8.31. The van der Waals surface area contributed by atoms with Crippen LogP contribution in [0.3, 0.4) is 0 Å². The van der Waals surface area contributed by atoms with Crippen LogP contribution < -0.4 is 10.6 Å². The third kappa shape index (κ3) is 2.99. The predicted molar refractivity (Wildman–Crippen MR) is 70.5 cm³/mol. The molecule has 92 valence electrons. The van der Waals surface area contributed by atoms with Gasteiger partial charge < -0.3 is 10.6 Å². The number of carbonyl (C=O) groups is 1. The monoisotopic (exact) mass is 232 g/mol. The molecule has 2 N–H and O–H groups in total. The van der Waals surface area contributed by atoms with Crippen molar-refractivity contribution >= 4 is 11.6 Å². The second-order valence-corrected chi connectivity index (χ2v) is 4.51. The van der Waals surface area contributed by atoms with E-state index in [0.717, 1.165) is 31.5 Å². The van der Waals surface area contributed by atoms with E-state index in [2.05, 4.69) is 17.6 Å². The number of hydrogen-bond acceptors (Lipinski definition) is 2. The van der Waals surface area contributed by atoms with Gasteiger partial charge in [0.2, 0.25) is 0 Å². The van der Waals surface area contributed by atoms with E-state index in [-0.39, 0.29) is 5.91 Å². The molecule has 0 radical (unpaired) electrons. The SMILES string of the molecule is CCCCCNC(=O)c1ccc2c(c1)CCN2. The lowest BCUT2D eigenvalue weighted by Gasteiger charge is -2.06. The Morgan fingerprint density at radius 1 is 1.41 bits per heavy atom. The summed E-state index contributed by atoms with van der Waals surface area (Å²) in [5, 5.41) is 6.26. The number of nitrogens with one attached hydrogen (secondary N) is 2. The maximum absolute atomic E-state index is 11.9. The van der Waals surface area contributed by atoms with Crippen LogP contribution in [0.4, 0.5) is 5.69 Å². The molecular formula is C14H20N2O. The molecule has 0 saturated heterocycles. The van der Waals surface area contributed by atoms with Crippen LogP contribution in [0.2, 0.25) is 0 Å². The van der Waals surface area contributed by atoms with Gasteiger partial charge in [-0.25, -0.2) is 0 Å². The Bertz CT molecular complexity index is 401. The number of hydrogen-bond donors (Lipinski definition) is 2. The highest BCUT2D eigenvalue weighted by atomic mass is 16.1. The molecule has 2 rings (SSSR count). The quantitative estimate of drug-likeness (QED) is 0.766. The second-order valence-electron chi connectivity index (χ2n) is 4.51. The summed E-state index contributed by atoms with van der Waals surface area (Å²) in [6, 6.07) is 5.90. The fraction of sp³-hybridized carbons (Fsp3) is 0.500. The fourth-order valence-corrected chi connectivity index (χ4v) is 2.13. The van der Waals surface area contributed by atoms with Crippen LogP contribution in [0, 0.1) is 0 Å². The molecule has 1 aromatic rings. The summed E-state index contributed by atoms with van der Waals surface area (Å²) >= 11 is 0. The predicted octanol–water partition coefficient (Wildman–Crippen LogP) is 2.57. The van der Waals surface area contributed by atoms with E-state index < -0.39 is 0 Å². The largest absolute Gasteiger partial charge is 0.384 e. The van der Waals surface area contributed by atoms with Crippen molar-refractivity contribution < 1.29 is 4.79 Å². The number of benzene rings is 1. The van der Waals surface area contributed by atoms with Gasteiger partial charge in [0.1, 0.15) is 0 Å². The van der Waals surface area contributed by atoms with E-state index in [1.807, 2.05) is 18.2 Å². The lowest BCUT2D eigenvalue weighted by molar-refractivity contribution is 0.0953. The first-order valence-electron chi connectivity index (χ1n) is 6.46. The zero-order chi connectivity index (χ0) is 12.1. The lowest BCUT2D eigenvalue weighted by atomic mass is 10.1. The van der Waals surface area contributed by atoms with Gasteiger partial charge in [-0.3, -0.25) is 4.79 Å². The van der Waals surface area contributed by atoms with Gasteiger partial charge >= 0.3 is 0 Å². The Hall–Kier alpha value is -1.51. The van der Waals surface area contributed by atoms with Crippen LogP contribution in [0.25, 0.3) is 0 Å². The van der Waals surface area contributed by atoms with Crippen molar-refractivity contribution in [2.75, 3.05) is 18.4 Å². The van der Waals surface area contributed by atoms with Gasteiger partial charge in [0.05, 0.1) is 0 Å². The minimum Gasteiger partial charge on any atom is -0.384 e. The zero-order valence-corrected chi connectivity index (χ0v) is 10.4. The Morgan fingerprint density at radius 2 is 2.29 bits per heavy atom. The van der Waals surface area contributed by atoms with Crippen LogP contribution in [0.5, 0.6) is 0 Å². The third-order valence-electron chi connectivity index (χ3n) is 3.14. The fourth-order valence-electron chi connectivity index (χ4n) is 2.13. The summed E-state index contributed by atoms with van der Waals surface area (Å²) in [5.41, 5.74) is 3.21. The van der Waals surface area contributed by atoms with Gasteiger partial charge in [0.15, 0.2) is 0 Å². The molecule has 0 saturated carbocycles. The molecule has 1 aromatic carbocycles. The van der Waals surface area contributed by atoms with Crippen molar-refractivity contribution in [2.45, 2.75) is 32.6 Å². The molecule has 0 fully saturated rings. The molecule has 0 unspecified atom stereocenters. The molecule has 0 aliphatic carbocycles. The summed E-state index contributed by atoms with van der Waals surface area (Å²) in [5.74, 6) is 0.0517. The van der Waals surface area contributed by atoms with Gasteiger partial charge in [0.25, 0.3) is 5.91 Å². The number of fused-ring (bicyclic) bond motifs is 1. The highest BCUT2D eigenvalue weighted by Crippen LogP contribution is 2.22. The topological polar surface area (TPSA) is 41.1 Å². The molecule has 3 nitrogen and oxygen atoms in total. The summed E-state index contributed by atoms with van der Waals surface area (Å²) in [6.07, 6.45) is 4.44. The minimum absolute atomic E-state index is 0.0517. The molecule has 3 heteroatoms. The molecule has 1 aliphatic rings. The van der Waals surface area contributed by atoms with Crippen molar-refractivity contribution in [3.8, 4) is 0 Å². The number of amides is 1. The highest BCUT2D eigenvalue weighted by Gasteiger charge is 2.12. The van der Waals surface area contributed by atoms with Gasteiger partial charge in [0, 0.05) is 24.3 Å². The average molecular weight is 232 g/mol. The van der Waals surface area contributed by atoms with Crippen molar-refractivity contribution in [2.24, 2.45) is 0 Å². The van der Waals surface area contributed by atoms with Crippen LogP contribution in [0.1, 0.15) is 42.1 Å². The lowest BCUT2D eigenvalue weighted by Crippen LogP contribution is -2.24. The van der Waals surface area contributed by atoms with Crippen LogP contribution in [-0.2, 0) is 6.42 Å². The van der Waals surface area contributed by atoms with E-state index in [1.54, 1.807) is 0 Å². The first kappa shape index (κ1) is 12.0. The van der Waals surface area contributed by atoms with E-state index in [9.17, 15) is 4.79 Å². The van der Waals surface area contributed by atoms with Crippen molar-refractivity contribution in [3.63, 3.8) is 0 Å². The number of carbonyl (C=O) groups excluding carboxylic acids is 1. The molecule has 17 heavy (non-hydrogen) atoms. The summed E-state index contributed by atoms with van der Waals surface area (Å²) < 4.78 is 0. The average Bonchev–Trinajstić information content (AvgIpc) is 2.81. The summed E-state index contributed by atoms with van der Waals surface area (Å²) in [6.45, 7) is 3.92. The Labute approximate surface area is 103 Å². The standard InChI is InChI=1S/C14H20N2O/c1-2-3-4-8-16-14(17)12-5-6-13-11(10-12)7-9-15-13/h5-6,10,15H,2-4,7-9H2,1H3,(H,16,17). The van der Waals surface area contributed by atoms with E-state index in [0.29, 0.717) is 0 Å². The van der Waals surface area contributed by atoms with Gasteiger partial charge in [-0.2, -0.15) is 0 Å². The molecule has 0 aromatic heterocycles. The first-order valence-corrected chi connectivity index (χ1v) is 6.46. The molecule has 1 heterocycles. The van der Waals surface area contributed by atoms with E-state index in [1.165, 1.54) is 24.1 Å². The molecule has 1 amide bonds. The minimum atomic E-state index is 0.0517. The Kier molecular flexibility index (Phi) is 4.02. The van der Waals surface area contributed by atoms with Crippen LogP contribution in [-0.4, -0.2) is 19.0 Å². The van der Waals surface area contributed by atoms with Gasteiger partial charge in [-0.1, -0.05) is 19.8 Å². The summed E-state index contributed by atoms with van der Waals surface area (Å²) in [7, 11) is 0. The molecule has 0 bridgehead atoms. The smallest absolute Gasteiger partial charge is 0.251 e. The Morgan fingerprint density at radius 3 is 3.12 bits per heavy atom. The number of anilines is 1. The maximum Gasteiger partial charge on any atom is 0.251 e. The van der Waals surface area contributed by atoms with Gasteiger partial charge in [-0.05, 0) is 36.6 Å². The van der Waals surface area contributed by atoms with Crippen LogP contribution >= 0.6 is 0 Å². The van der Waals surface area contributed by atoms with E-state index >= 15 is 0 Å². The Balaban J connectivity index is 1.91. The molecule has 0 atom stereocenters.